The second-order valence-electron chi connectivity index (χ2n) is 5.08. The molecule has 0 unspecified atom stereocenters. The van der Waals surface area contributed by atoms with E-state index in [1.54, 1.807) is 19.2 Å². The van der Waals surface area contributed by atoms with Gasteiger partial charge in [0.15, 0.2) is 0 Å². The molecule has 2 aromatic rings. The zero-order valence-corrected chi connectivity index (χ0v) is 11.7. The largest absolute Gasteiger partial charge is 0.360 e. The molecule has 0 saturated carbocycles. The average molecular weight is 289 g/mol. The van der Waals surface area contributed by atoms with Gasteiger partial charge in [0.1, 0.15) is 17.3 Å². The van der Waals surface area contributed by atoms with E-state index in [1.807, 2.05) is 4.90 Å². The third-order valence-corrected chi connectivity index (χ3v) is 3.65. The van der Waals surface area contributed by atoms with Crippen molar-refractivity contribution in [1.82, 2.24) is 15.4 Å². The van der Waals surface area contributed by atoms with Gasteiger partial charge >= 0.3 is 0 Å². The monoisotopic (exact) mass is 289 g/mol. The van der Waals surface area contributed by atoms with E-state index in [9.17, 15) is 9.18 Å². The summed E-state index contributed by atoms with van der Waals surface area (Å²) in [6, 6.07) is 6.29. The molecule has 1 aliphatic heterocycles. The molecule has 1 aliphatic rings. The van der Waals surface area contributed by atoms with E-state index in [0.29, 0.717) is 30.8 Å². The number of fused-ring (bicyclic) bond motifs is 1. The smallest absolute Gasteiger partial charge is 0.233 e. The van der Waals surface area contributed by atoms with Gasteiger partial charge in [-0.05, 0) is 12.1 Å². The van der Waals surface area contributed by atoms with E-state index < -0.39 is 0 Å². The maximum Gasteiger partial charge on any atom is 0.233 e. The predicted octanol–water partition coefficient (Wildman–Crippen LogP) is 1.58. The van der Waals surface area contributed by atoms with Gasteiger partial charge in [-0.3, -0.25) is 9.69 Å². The van der Waals surface area contributed by atoms with Crippen LogP contribution in [0.25, 0.3) is 11.3 Å². The van der Waals surface area contributed by atoms with E-state index in [0.717, 1.165) is 17.9 Å². The summed E-state index contributed by atoms with van der Waals surface area (Å²) in [5.74, 6) is 0.493. The molecule has 0 fully saturated rings. The molecule has 3 rings (SSSR count). The first-order valence-corrected chi connectivity index (χ1v) is 6.83. The van der Waals surface area contributed by atoms with Crippen molar-refractivity contribution in [3.8, 4) is 11.3 Å². The number of benzene rings is 1. The van der Waals surface area contributed by atoms with E-state index in [4.69, 9.17) is 4.52 Å². The van der Waals surface area contributed by atoms with Gasteiger partial charge in [0, 0.05) is 37.7 Å². The van der Waals surface area contributed by atoms with Crippen molar-refractivity contribution in [3.63, 3.8) is 0 Å². The predicted molar refractivity (Wildman–Crippen MR) is 74.9 cm³/mol. The summed E-state index contributed by atoms with van der Waals surface area (Å²) in [6.07, 6.45) is 0.703. The quantitative estimate of drug-likeness (QED) is 0.932. The number of aromatic nitrogens is 1. The highest BCUT2D eigenvalue weighted by atomic mass is 19.1. The first-order valence-electron chi connectivity index (χ1n) is 6.83. The summed E-state index contributed by atoms with van der Waals surface area (Å²) in [5.41, 5.74) is 2.30. The fourth-order valence-corrected chi connectivity index (χ4v) is 2.54. The van der Waals surface area contributed by atoms with Gasteiger partial charge in [-0.2, -0.15) is 0 Å². The fraction of sp³-hybridized carbons (Fsp3) is 0.333. The number of halogens is 1. The van der Waals surface area contributed by atoms with Crippen LogP contribution in [0.3, 0.4) is 0 Å². The van der Waals surface area contributed by atoms with Crippen LogP contribution >= 0.6 is 0 Å². The number of carbonyl (C=O) groups is 1. The van der Waals surface area contributed by atoms with Gasteiger partial charge < -0.3 is 9.84 Å². The number of hydrogen-bond donors (Lipinski definition) is 1. The lowest BCUT2D eigenvalue weighted by Gasteiger charge is -2.25. The highest BCUT2D eigenvalue weighted by Gasteiger charge is 2.25. The normalized spacial score (nSPS) is 14.8. The highest BCUT2D eigenvalue weighted by Crippen LogP contribution is 2.30. The molecule has 0 bridgehead atoms. The molecule has 21 heavy (non-hydrogen) atoms. The minimum atomic E-state index is -0.303. The summed E-state index contributed by atoms with van der Waals surface area (Å²) < 4.78 is 18.7. The van der Waals surface area contributed by atoms with Gasteiger partial charge in [-0.1, -0.05) is 17.3 Å². The van der Waals surface area contributed by atoms with Crippen LogP contribution in [0.15, 0.2) is 28.8 Å². The number of likely N-dealkylation sites (N-methyl/N-ethyl adjacent to an activating group) is 1. The molecule has 5 nitrogen and oxygen atoms in total. The molecule has 2 heterocycles. The Morgan fingerprint density at radius 1 is 1.52 bits per heavy atom. The third-order valence-electron chi connectivity index (χ3n) is 3.65. The molecule has 1 aromatic heterocycles. The van der Waals surface area contributed by atoms with Crippen LogP contribution in [0.5, 0.6) is 0 Å². The Kier molecular flexibility index (Phi) is 3.70. The number of carbonyl (C=O) groups excluding carboxylic acids is 1. The molecule has 0 aliphatic carbocycles. The molecule has 0 atom stereocenters. The second-order valence-corrected chi connectivity index (χ2v) is 5.08. The Labute approximate surface area is 121 Å². The Hall–Kier alpha value is -2.21. The van der Waals surface area contributed by atoms with Crippen LogP contribution in [0.1, 0.15) is 11.3 Å². The minimum absolute atomic E-state index is 0.0257. The summed E-state index contributed by atoms with van der Waals surface area (Å²) >= 11 is 0. The Bertz CT molecular complexity index is 669. The number of nitrogens with one attached hydrogen (secondary N) is 1. The van der Waals surface area contributed by atoms with Gasteiger partial charge in [0.25, 0.3) is 0 Å². The van der Waals surface area contributed by atoms with Crippen LogP contribution in [0, 0.1) is 5.82 Å². The number of amides is 1. The van der Waals surface area contributed by atoms with Gasteiger partial charge in [0.2, 0.25) is 5.91 Å². The second kappa shape index (κ2) is 5.65. The Balaban J connectivity index is 1.87. The van der Waals surface area contributed by atoms with E-state index in [2.05, 4.69) is 10.5 Å². The summed E-state index contributed by atoms with van der Waals surface area (Å²) in [6.45, 7) is 1.67. The first-order chi connectivity index (χ1) is 10.2. The van der Waals surface area contributed by atoms with Crippen molar-refractivity contribution in [2.45, 2.75) is 13.0 Å². The molecule has 1 aromatic carbocycles. The zero-order chi connectivity index (χ0) is 14.8. The Morgan fingerprint density at radius 3 is 3.14 bits per heavy atom. The summed E-state index contributed by atoms with van der Waals surface area (Å²) in [4.78, 5) is 13.5. The van der Waals surface area contributed by atoms with Crippen molar-refractivity contribution >= 4 is 5.91 Å². The van der Waals surface area contributed by atoms with Crippen LogP contribution in [0.2, 0.25) is 0 Å². The summed E-state index contributed by atoms with van der Waals surface area (Å²) in [7, 11) is 1.62. The SMILES string of the molecule is CNC(=O)CN1CCc2onc(-c3cccc(F)c3)c2C1. The number of hydrogen-bond acceptors (Lipinski definition) is 4. The average Bonchev–Trinajstić information content (AvgIpc) is 2.90. The lowest BCUT2D eigenvalue weighted by molar-refractivity contribution is -0.122. The number of rotatable bonds is 3. The van der Waals surface area contributed by atoms with Crippen molar-refractivity contribution < 1.29 is 13.7 Å². The zero-order valence-electron chi connectivity index (χ0n) is 11.7. The standard InChI is InChI=1S/C15H16FN3O2/c1-17-14(20)9-19-6-5-13-12(8-19)15(18-21-13)10-3-2-4-11(16)7-10/h2-4,7H,5-6,8-9H2,1H3,(H,17,20). The van der Waals surface area contributed by atoms with Gasteiger partial charge in [-0.15, -0.1) is 0 Å². The molecule has 1 amide bonds. The van der Waals surface area contributed by atoms with Gasteiger partial charge in [-0.25, -0.2) is 4.39 Å². The lowest BCUT2D eigenvalue weighted by atomic mass is 10.0. The molecule has 0 saturated heterocycles. The minimum Gasteiger partial charge on any atom is -0.360 e. The fourth-order valence-electron chi connectivity index (χ4n) is 2.54. The van der Waals surface area contributed by atoms with Crippen LogP contribution in [0.4, 0.5) is 4.39 Å². The van der Waals surface area contributed by atoms with E-state index in [1.165, 1.54) is 12.1 Å². The van der Waals surface area contributed by atoms with Crippen LogP contribution in [-0.4, -0.2) is 36.1 Å². The van der Waals surface area contributed by atoms with Gasteiger partial charge in [0.05, 0.1) is 6.54 Å². The molecular formula is C15H16FN3O2. The first kappa shape index (κ1) is 13.8. The van der Waals surface area contributed by atoms with Crippen LogP contribution in [-0.2, 0) is 17.8 Å². The molecule has 1 N–H and O–H groups in total. The van der Waals surface area contributed by atoms with Crippen LogP contribution < -0.4 is 5.32 Å². The van der Waals surface area contributed by atoms with Crippen molar-refractivity contribution in [1.29, 1.82) is 0 Å². The molecule has 110 valence electrons. The summed E-state index contributed by atoms with van der Waals surface area (Å²) in [5, 5.41) is 6.69. The van der Waals surface area contributed by atoms with Crippen molar-refractivity contribution in [2.24, 2.45) is 0 Å². The Morgan fingerprint density at radius 2 is 2.38 bits per heavy atom. The highest BCUT2D eigenvalue weighted by molar-refractivity contribution is 5.77. The molecular weight excluding hydrogens is 273 g/mol. The van der Waals surface area contributed by atoms with E-state index >= 15 is 0 Å². The molecule has 6 heteroatoms. The third kappa shape index (κ3) is 2.80. The topological polar surface area (TPSA) is 58.4 Å². The number of nitrogens with zero attached hydrogens (tertiary/aromatic N) is 2. The van der Waals surface area contributed by atoms with Crippen molar-refractivity contribution in [3.05, 3.63) is 41.4 Å². The maximum absolute atomic E-state index is 13.4. The van der Waals surface area contributed by atoms with Crippen molar-refractivity contribution in [2.75, 3.05) is 20.1 Å². The molecule has 0 spiro atoms. The lowest BCUT2D eigenvalue weighted by Crippen LogP contribution is -2.38. The van der Waals surface area contributed by atoms with E-state index in [-0.39, 0.29) is 11.7 Å². The molecule has 0 radical (unpaired) electrons. The maximum atomic E-state index is 13.4.